The molecule has 0 unspecified atom stereocenters. The van der Waals surface area contributed by atoms with Gasteiger partial charge in [-0.2, -0.15) is 0 Å². The Balaban J connectivity index is 1.75. The van der Waals surface area contributed by atoms with Gasteiger partial charge in [-0.15, -0.1) is 0 Å². The lowest BCUT2D eigenvalue weighted by Crippen LogP contribution is -2.36. The third-order valence-electron chi connectivity index (χ3n) is 5.29. The zero-order valence-corrected chi connectivity index (χ0v) is 14.9. The molecule has 24 heavy (non-hydrogen) atoms. The van der Waals surface area contributed by atoms with E-state index < -0.39 is 0 Å². The van der Waals surface area contributed by atoms with Crippen LogP contribution in [0, 0.1) is 17.8 Å². The molecule has 0 aromatic carbocycles. The molecule has 3 amide bonds. The number of carbonyl (C=O) groups is 3. The Labute approximate surface area is 144 Å². The van der Waals surface area contributed by atoms with Gasteiger partial charge in [0, 0.05) is 19.5 Å². The molecule has 134 valence electrons. The van der Waals surface area contributed by atoms with Gasteiger partial charge in [-0.25, -0.2) is 0 Å². The van der Waals surface area contributed by atoms with Crippen LogP contribution in [0.15, 0.2) is 12.2 Å². The van der Waals surface area contributed by atoms with Crippen LogP contribution in [0.5, 0.6) is 0 Å². The number of nitrogens with zero attached hydrogens (tertiary/aromatic N) is 1. The van der Waals surface area contributed by atoms with Crippen LogP contribution in [0.25, 0.3) is 0 Å². The van der Waals surface area contributed by atoms with Crippen LogP contribution in [-0.2, 0) is 14.4 Å². The molecule has 5 heteroatoms. The molecule has 3 atom stereocenters. The Hall–Kier alpha value is -1.65. The Bertz CT molecular complexity index is 475. The van der Waals surface area contributed by atoms with E-state index in [9.17, 15) is 14.4 Å². The summed E-state index contributed by atoms with van der Waals surface area (Å²) in [7, 11) is 0. The molecule has 0 aromatic rings. The molecule has 1 N–H and O–H groups in total. The predicted octanol–water partition coefficient (Wildman–Crippen LogP) is 2.66. The van der Waals surface area contributed by atoms with Crippen LogP contribution in [0.1, 0.15) is 58.8 Å². The highest BCUT2D eigenvalue weighted by Crippen LogP contribution is 2.34. The highest BCUT2D eigenvalue weighted by Gasteiger charge is 2.46. The minimum absolute atomic E-state index is 0.0708. The molecule has 0 saturated carbocycles. The van der Waals surface area contributed by atoms with Gasteiger partial charge in [0.15, 0.2) is 0 Å². The summed E-state index contributed by atoms with van der Waals surface area (Å²) in [5.74, 6) is -0.169. The third-order valence-corrected chi connectivity index (χ3v) is 5.29. The maximum absolute atomic E-state index is 12.3. The van der Waals surface area contributed by atoms with Gasteiger partial charge in [-0.05, 0) is 25.2 Å². The van der Waals surface area contributed by atoms with Gasteiger partial charge in [0.25, 0.3) is 0 Å². The number of likely N-dealkylation sites (tertiary alicyclic amines) is 1. The number of amides is 3. The first-order chi connectivity index (χ1) is 11.6. The number of unbranched alkanes of at least 4 members (excludes halogenated alkanes) is 1. The molecule has 1 fully saturated rings. The van der Waals surface area contributed by atoms with Gasteiger partial charge < -0.3 is 5.32 Å². The minimum Gasteiger partial charge on any atom is -0.356 e. The zero-order chi connectivity index (χ0) is 17.5. The number of rotatable bonds is 9. The summed E-state index contributed by atoms with van der Waals surface area (Å²) in [4.78, 5) is 38.0. The molecule has 5 nitrogen and oxygen atoms in total. The maximum Gasteiger partial charge on any atom is 0.233 e. The van der Waals surface area contributed by atoms with E-state index in [1.807, 2.05) is 12.2 Å². The molecule has 1 saturated heterocycles. The molecule has 1 aliphatic heterocycles. The highest BCUT2D eigenvalue weighted by atomic mass is 16.2. The van der Waals surface area contributed by atoms with Crippen LogP contribution in [0.2, 0.25) is 0 Å². The van der Waals surface area contributed by atoms with Crippen molar-refractivity contribution >= 4 is 17.7 Å². The van der Waals surface area contributed by atoms with Crippen molar-refractivity contribution in [1.82, 2.24) is 10.2 Å². The minimum atomic E-state index is -0.205. The number of allylic oxidation sites excluding steroid dienone is 2. The monoisotopic (exact) mass is 334 g/mol. The van der Waals surface area contributed by atoms with Crippen molar-refractivity contribution in [2.24, 2.45) is 17.8 Å². The van der Waals surface area contributed by atoms with E-state index in [-0.39, 0.29) is 42.5 Å². The second kappa shape index (κ2) is 9.00. The summed E-state index contributed by atoms with van der Waals surface area (Å²) in [5, 5.41) is 2.96. The van der Waals surface area contributed by atoms with E-state index in [0.29, 0.717) is 25.3 Å². The fraction of sp³-hybridized carbons (Fsp3) is 0.737. The Morgan fingerprint density at radius 2 is 1.83 bits per heavy atom. The van der Waals surface area contributed by atoms with Gasteiger partial charge in [0.2, 0.25) is 17.7 Å². The number of imide groups is 1. The molecular weight excluding hydrogens is 304 g/mol. The van der Waals surface area contributed by atoms with Gasteiger partial charge >= 0.3 is 0 Å². The number of carbonyl (C=O) groups excluding carboxylic acids is 3. The maximum atomic E-state index is 12.3. The molecule has 2 rings (SSSR count). The van der Waals surface area contributed by atoms with Gasteiger partial charge in [-0.1, -0.05) is 45.3 Å². The third kappa shape index (κ3) is 4.46. The van der Waals surface area contributed by atoms with E-state index in [2.05, 4.69) is 19.2 Å². The van der Waals surface area contributed by atoms with E-state index in [0.717, 1.165) is 12.8 Å². The van der Waals surface area contributed by atoms with Crippen LogP contribution >= 0.6 is 0 Å². The summed E-state index contributed by atoms with van der Waals surface area (Å²) in [6, 6.07) is 0. The van der Waals surface area contributed by atoms with Crippen molar-refractivity contribution in [3.05, 3.63) is 12.2 Å². The molecule has 1 heterocycles. The second-order valence-corrected chi connectivity index (χ2v) is 6.95. The summed E-state index contributed by atoms with van der Waals surface area (Å²) < 4.78 is 0. The molecule has 0 aromatic heterocycles. The van der Waals surface area contributed by atoms with Crippen LogP contribution < -0.4 is 5.32 Å². The summed E-state index contributed by atoms with van der Waals surface area (Å²) >= 11 is 0. The van der Waals surface area contributed by atoms with Gasteiger partial charge in [0.05, 0.1) is 11.8 Å². The van der Waals surface area contributed by atoms with Crippen molar-refractivity contribution < 1.29 is 14.4 Å². The molecule has 0 spiro atoms. The normalized spacial score (nSPS) is 24.2. The molecular formula is C19H30N2O3. The molecule has 0 radical (unpaired) electrons. The average Bonchev–Trinajstić information content (AvgIpc) is 2.84. The average molecular weight is 334 g/mol. The SMILES string of the molecule is CCCC[C@H](CC)CNC(=O)CCN1C(=O)[C@H]2CC=CC[C@H]2C1=O. The summed E-state index contributed by atoms with van der Waals surface area (Å²) in [5.41, 5.74) is 0. The first-order valence-corrected chi connectivity index (χ1v) is 9.35. The van der Waals surface area contributed by atoms with E-state index in [4.69, 9.17) is 0 Å². The zero-order valence-electron chi connectivity index (χ0n) is 14.9. The van der Waals surface area contributed by atoms with Crippen molar-refractivity contribution in [3.63, 3.8) is 0 Å². The van der Waals surface area contributed by atoms with Crippen molar-refractivity contribution in [1.29, 1.82) is 0 Å². The number of hydrogen-bond acceptors (Lipinski definition) is 3. The van der Waals surface area contributed by atoms with E-state index in [1.54, 1.807) is 0 Å². The lowest BCUT2D eigenvalue weighted by atomic mass is 9.85. The largest absolute Gasteiger partial charge is 0.356 e. The number of fused-ring (bicyclic) bond motifs is 1. The predicted molar refractivity (Wildman–Crippen MR) is 93.0 cm³/mol. The van der Waals surface area contributed by atoms with Crippen molar-refractivity contribution in [2.45, 2.75) is 58.8 Å². The lowest BCUT2D eigenvalue weighted by Gasteiger charge is -2.17. The standard InChI is InChI=1S/C19H30N2O3/c1-3-5-8-14(4-2)13-20-17(22)11-12-21-18(23)15-9-6-7-10-16(15)19(21)24/h6-7,14-16H,3-5,8-13H2,1-2H3,(H,20,22)/t14-,15-,16+/m0/s1. The Morgan fingerprint density at radius 1 is 1.21 bits per heavy atom. The first-order valence-electron chi connectivity index (χ1n) is 9.35. The topological polar surface area (TPSA) is 66.5 Å². The number of hydrogen-bond donors (Lipinski definition) is 1. The molecule has 1 aliphatic carbocycles. The highest BCUT2D eigenvalue weighted by molar-refractivity contribution is 6.05. The van der Waals surface area contributed by atoms with Crippen LogP contribution in [-0.4, -0.2) is 35.7 Å². The summed E-state index contributed by atoms with van der Waals surface area (Å²) in [6.45, 7) is 5.21. The Morgan fingerprint density at radius 3 is 2.38 bits per heavy atom. The van der Waals surface area contributed by atoms with Crippen molar-refractivity contribution in [2.75, 3.05) is 13.1 Å². The fourth-order valence-corrected chi connectivity index (χ4v) is 3.59. The van der Waals surface area contributed by atoms with Crippen LogP contribution in [0.4, 0.5) is 0 Å². The van der Waals surface area contributed by atoms with E-state index in [1.165, 1.54) is 17.7 Å². The van der Waals surface area contributed by atoms with Crippen LogP contribution in [0.3, 0.4) is 0 Å². The Kier molecular flexibility index (Phi) is 7.00. The quantitative estimate of drug-likeness (QED) is 0.521. The first kappa shape index (κ1) is 18.7. The molecule has 0 bridgehead atoms. The summed E-state index contributed by atoms with van der Waals surface area (Å²) in [6.07, 6.45) is 9.98. The lowest BCUT2D eigenvalue weighted by molar-refractivity contribution is -0.140. The number of nitrogens with one attached hydrogen (secondary N) is 1. The van der Waals surface area contributed by atoms with Gasteiger partial charge in [0.1, 0.15) is 0 Å². The second-order valence-electron chi connectivity index (χ2n) is 6.95. The van der Waals surface area contributed by atoms with Crippen molar-refractivity contribution in [3.8, 4) is 0 Å². The van der Waals surface area contributed by atoms with Gasteiger partial charge in [-0.3, -0.25) is 19.3 Å². The molecule has 2 aliphatic rings. The smallest absolute Gasteiger partial charge is 0.233 e. The fourth-order valence-electron chi connectivity index (χ4n) is 3.59. The van der Waals surface area contributed by atoms with E-state index >= 15 is 0 Å².